The van der Waals surface area contributed by atoms with Crippen LogP contribution in [-0.4, -0.2) is 41.2 Å². The van der Waals surface area contributed by atoms with Crippen molar-refractivity contribution in [3.05, 3.63) is 52.8 Å². The molecule has 2 aromatic rings. The van der Waals surface area contributed by atoms with E-state index in [9.17, 15) is 19.2 Å². The predicted octanol–water partition coefficient (Wildman–Crippen LogP) is 1.60. The summed E-state index contributed by atoms with van der Waals surface area (Å²) in [6.45, 7) is 2.86. The van der Waals surface area contributed by atoms with Gasteiger partial charge in [-0.1, -0.05) is 12.1 Å². The van der Waals surface area contributed by atoms with Crippen molar-refractivity contribution in [1.82, 2.24) is 4.57 Å². The van der Waals surface area contributed by atoms with Crippen LogP contribution in [0.4, 0.5) is 5.69 Å². The molecule has 0 atom stereocenters. The molecular formula is C19H18N2O5. The van der Waals surface area contributed by atoms with Crippen molar-refractivity contribution in [3.8, 4) is 0 Å². The van der Waals surface area contributed by atoms with Crippen LogP contribution in [0.15, 0.2) is 30.3 Å². The lowest BCUT2D eigenvalue weighted by Gasteiger charge is -2.15. The van der Waals surface area contributed by atoms with Gasteiger partial charge in [-0.25, -0.2) is 0 Å². The second kappa shape index (κ2) is 6.59. The number of fused-ring (bicyclic) bond motifs is 1. The number of aryl methyl sites for hydroxylation is 1. The number of ketones is 2. The largest absolute Gasteiger partial charge is 0.456 e. The van der Waals surface area contributed by atoms with E-state index in [1.165, 1.54) is 6.07 Å². The molecule has 1 aromatic heterocycles. The van der Waals surface area contributed by atoms with Crippen molar-refractivity contribution in [2.75, 3.05) is 18.1 Å². The van der Waals surface area contributed by atoms with Crippen molar-refractivity contribution >= 4 is 29.1 Å². The molecule has 134 valence electrons. The Balaban J connectivity index is 1.65. The average Bonchev–Trinajstić information content (AvgIpc) is 3.03. The first-order chi connectivity index (χ1) is 12.3. The summed E-state index contributed by atoms with van der Waals surface area (Å²) in [5.41, 5.74) is 2.85. The first-order valence-electron chi connectivity index (χ1n) is 8.08. The van der Waals surface area contributed by atoms with E-state index >= 15 is 0 Å². The molecule has 0 fully saturated rings. The number of hydrogen-bond donors (Lipinski definition) is 0. The lowest BCUT2D eigenvalue weighted by atomic mass is 10.1. The number of anilines is 1. The van der Waals surface area contributed by atoms with Crippen LogP contribution in [0.5, 0.6) is 0 Å². The number of carbonyl (C=O) groups is 4. The maximum atomic E-state index is 12.3. The fourth-order valence-corrected chi connectivity index (χ4v) is 2.94. The molecule has 1 aromatic carbocycles. The Morgan fingerprint density at radius 3 is 2.46 bits per heavy atom. The van der Waals surface area contributed by atoms with E-state index in [2.05, 4.69) is 0 Å². The van der Waals surface area contributed by atoms with Gasteiger partial charge in [-0.3, -0.25) is 24.1 Å². The number of hydrogen-bond acceptors (Lipinski definition) is 5. The number of esters is 1. The van der Waals surface area contributed by atoms with Gasteiger partial charge in [-0.2, -0.15) is 0 Å². The molecule has 0 aliphatic carbocycles. The standard InChI is InChI=1S/C19H18N2O5/c1-11-8-14(12(2)20(11)3)16(22)10-26-17(23)9-21-15-7-5-4-6-13(15)18(24)19(21)25/h4-8H,9-10H2,1-3H3. The van der Waals surface area contributed by atoms with Gasteiger partial charge in [0.25, 0.3) is 11.7 Å². The number of aromatic nitrogens is 1. The van der Waals surface area contributed by atoms with Gasteiger partial charge in [-0.15, -0.1) is 0 Å². The van der Waals surface area contributed by atoms with E-state index in [4.69, 9.17) is 4.74 Å². The number of ether oxygens (including phenoxy) is 1. The fourth-order valence-electron chi connectivity index (χ4n) is 2.94. The number of Topliss-reactive ketones (excluding diaryl/α,β-unsaturated/α-hetero) is 2. The molecule has 0 radical (unpaired) electrons. The molecule has 2 heterocycles. The second-order valence-corrected chi connectivity index (χ2v) is 6.17. The number of amides is 1. The Bertz CT molecular complexity index is 941. The van der Waals surface area contributed by atoms with Crippen LogP contribution in [0.3, 0.4) is 0 Å². The van der Waals surface area contributed by atoms with Crippen LogP contribution in [0.1, 0.15) is 32.1 Å². The third-order valence-electron chi connectivity index (χ3n) is 4.61. The molecule has 1 amide bonds. The number of rotatable bonds is 5. The highest BCUT2D eigenvalue weighted by Crippen LogP contribution is 2.28. The number of para-hydroxylation sites is 1. The zero-order chi connectivity index (χ0) is 19.0. The summed E-state index contributed by atoms with van der Waals surface area (Å²) in [4.78, 5) is 49.4. The van der Waals surface area contributed by atoms with Gasteiger partial charge >= 0.3 is 5.97 Å². The molecule has 0 spiro atoms. The normalized spacial score (nSPS) is 13.1. The van der Waals surface area contributed by atoms with Crippen molar-refractivity contribution in [2.24, 2.45) is 7.05 Å². The summed E-state index contributed by atoms with van der Waals surface area (Å²) < 4.78 is 6.90. The van der Waals surface area contributed by atoms with E-state index < -0.39 is 30.8 Å². The van der Waals surface area contributed by atoms with Crippen molar-refractivity contribution in [2.45, 2.75) is 13.8 Å². The third kappa shape index (κ3) is 2.92. The molecule has 1 aliphatic rings. The second-order valence-electron chi connectivity index (χ2n) is 6.17. The summed E-state index contributed by atoms with van der Waals surface area (Å²) in [5, 5.41) is 0. The van der Waals surface area contributed by atoms with Gasteiger partial charge in [0.15, 0.2) is 6.61 Å². The molecule has 1 aliphatic heterocycles. The molecule has 0 bridgehead atoms. The summed E-state index contributed by atoms with van der Waals surface area (Å²) in [5.74, 6) is -2.49. The van der Waals surface area contributed by atoms with Crippen LogP contribution in [0.25, 0.3) is 0 Å². The third-order valence-corrected chi connectivity index (χ3v) is 4.61. The first-order valence-corrected chi connectivity index (χ1v) is 8.08. The lowest BCUT2D eigenvalue weighted by Crippen LogP contribution is -2.36. The molecule has 0 N–H and O–H groups in total. The van der Waals surface area contributed by atoms with Crippen LogP contribution < -0.4 is 4.90 Å². The number of carbonyl (C=O) groups excluding carboxylic acids is 4. The summed E-state index contributed by atoms with van der Waals surface area (Å²) in [6.07, 6.45) is 0. The Morgan fingerprint density at radius 1 is 1.12 bits per heavy atom. The van der Waals surface area contributed by atoms with Gasteiger partial charge in [0.2, 0.25) is 5.78 Å². The average molecular weight is 354 g/mol. The van der Waals surface area contributed by atoms with E-state index in [1.807, 2.05) is 25.5 Å². The van der Waals surface area contributed by atoms with Crippen LogP contribution in [0, 0.1) is 13.8 Å². The highest BCUT2D eigenvalue weighted by molar-refractivity contribution is 6.52. The molecule has 7 nitrogen and oxygen atoms in total. The van der Waals surface area contributed by atoms with Gasteiger partial charge < -0.3 is 9.30 Å². The van der Waals surface area contributed by atoms with Crippen LogP contribution in [-0.2, 0) is 21.4 Å². The van der Waals surface area contributed by atoms with E-state index in [-0.39, 0.29) is 11.3 Å². The minimum Gasteiger partial charge on any atom is -0.456 e. The van der Waals surface area contributed by atoms with Crippen molar-refractivity contribution in [1.29, 1.82) is 0 Å². The monoisotopic (exact) mass is 354 g/mol. The lowest BCUT2D eigenvalue weighted by molar-refractivity contribution is -0.141. The topological polar surface area (TPSA) is 85.7 Å². The van der Waals surface area contributed by atoms with Gasteiger partial charge in [-0.05, 0) is 32.0 Å². The SMILES string of the molecule is Cc1cc(C(=O)COC(=O)CN2C(=O)C(=O)c3ccccc32)c(C)n1C. The zero-order valence-corrected chi connectivity index (χ0v) is 14.7. The molecule has 0 saturated carbocycles. The highest BCUT2D eigenvalue weighted by atomic mass is 16.5. The quantitative estimate of drug-likeness (QED) is 0.462. The molecule has 7 heteroatoms. The van der Waals surface area contributed by atoms with Crippen LogP contribution >= 0.6 is 0 Å². The van der Waals surface area contributed by atoms with Gasteiger partial charge in [0, 0.05) is 24.0 Å². The van der Waals surface area contributed by atoms with Gasteiger partial charge in [0.1, 0.15) is 6.54 Å². The maximum Gasteiger partial charge on any atom is 0.326 e. The first kappa shape index (κ1) is 17.6. The van der Waals surface area contributed by atoms with E-state index in [0.29, 0.717) is 11.3 Å². The van der Waals surface area contributed by atoms with Crippen molar-refractivity contribution in [3.63, 3.8) is 0 Å². The Morgan fingerprint density at radius 2 is 1.81 bits per heavy atom. The number of benzene rings is 1. The Labute approximate surface area is 150 Å². The summed E-state index contributed by atoms with van der Waals surface area (Å²) in [7, 11) is 1.85. The number of nitrogens with zero attached hydrogens (tertiary/aromatic N) is 2. The maximum absolute atomic E-state index is 12.3. The van der Waals surface area contributed by atoms with E-state index in [1.54, 1.807) is 24.3 Å². The predicted molar refractivity (Wildman–Crippen MR) is 93.3 cm³/mol. The molecule has 3 rings (SSSR count). The van der Waals surface area contributed by atoms with Crippen LogP contribution in [0.2, 0.25) is 0 Å². The Kier molecular flexibility index (Phi) is 4.46. The Hall–Kier alpha value is -3.22. The summed E-state index contributed by atoms with van der Waals surface area (Å²) in [6, 6.07) is 8.18. The van der Waals surface area contributed by atoms with E-state index in [0.717, 1.165) is 16.3 Å². The molecular weight excluding hydrogens is 336 g/mol. The summed E-state index contributed by atoms with van der Waals surface area (Å²) >= 11 is 0. The zero-order valence-electron chi connectivity index (χ0n) is 14.7. The minimum absolute atomic E-state index is 0.261. The molecule has 0 unspecified atom stereocenters. The molecule has 26 heavy (non-hydrogen) atoms. The minimum atomic E-state index is -0.774. The fraction of sp³-hybridized carbons (Fsp3) is 0.263. The highest BCUT2D eigenvalue weighted by Gasteiger charge is 2.36. The van der Waals surface area contributed by atoms with Gasteiger partial charge in [0.05, 0.1) is 11.3 Å². The molecule has 0 saturated heterocycles. The smallest absolute Gasteiger partial charge is 0.326 e. The van der Waals surface area contributed by atoms with Crippen molar-refractivity contribution < 1.29 is 23.9 Å².